The Morgan fingerprint density at radius 3 is 3.04 bits per heavy atom. The molecular formula is C17H18N6O. The molecule has 1 aliphatic carbocycles. The second kappa shape index (κ2) is 4.90. The van der Waals surface area contributed by atoms with Gasteiger partial charge in [0.2, 0.25) is 0 Å². The number of carbonyl (C=O) groups excluding carboxylic acids is 1. The van der Waals surface area contributed by atoms with Crippen molar-refractivity contribution in [3.63, 3.8) is 0 Å². The van der Waals surface area contributed by atoms with Crippen LogP contribution < -0.4 is 0 Å². The SMILES string of the molecule is O=C(c1ccc2cn[nH]c2n1)N1CCCC2(CCc3cn[nH]c32)C1. The molecule has 5 rings (SSSR count). The van der Waals surface area contributed by atoms with Gasteiger partial charge in [-0.15, -0.1) is 0 Å². The van der Waals surface area contributed by atoms with Gasteiger partial charge in [0.05, 0.1) is 12.4 Å². The van der Waals surface area contributed by atoms with Gasteiger partial charge < -0.3 is 4.90 Å². The van der Waals surface area contributed by atoms with Crippen molar-refractivity contribution in [1.29, 1.82) is 0 Å². The lowest BCUT2D eigenvalue weighted by Gasteiger charge is -2.40. The maximum Gasteiger partial charge on any atom is 0.272 e. The highest BCUT2D eigenvalue weighted by atomic mass is 16.2. The topological polar surface area (TPSA) is 90.6 Å². The first-order valence-corrected chi connectivity index (χ1v) is 8.37. The van der Waals surface area contributed by atoms with E-state index < -0.39 is 0 Å². The van der Waals surface area contributed by atoms with Crippen molar-refractivity contribution in [2.75, 3.05) is 13.1 Å². The van der Waals surface area contributed by atoms with Gasteiger partial charge in [-0.2, -0.15) is 10.2 Å². The number of aromatic amines is 2. The number of likely N-dealkylation sites (tertiary alicyclic amines) is 1. The van der Waals surface area contributed by atoms with Crippen LogP contribution in [-0.4, -0.2) is 49.3 Å². The van der Waals surface area contributed by atoms with Crippen molar-refractivity contribution in [3.8, 4) is 0 Å². The van der Waals surface area contributed by atoms with Crippen LogP contribution in [0.5, 0.6) is 0 Å². The van der Waals surface area contributed by atoms with Gasteiger partial charge in [-0.25, -0.2) is 4.98 Å². The van der Waals surface area contributed by atoms with Crippen LogP contribution in [0.3, 0.4) is 0 Å². The number of nitrogens with one attached hydrogen (secondary N) is 2. The molecule has 0 saturated carbocycles. The Kier molecular flexibility index (Phi) is 2.80. The van der Waals surface area contributed by atoms with E-state index >= 15 is 0 Å². The van der Waals surface area contributed by atoms with E-state index in [1.165, 1.54) is 11.3 Å². The number of pyridine rings is 1. The largest absolute Gasteiger partial charge is 0.336 e. The molecule has 24 heavy (non-hydrogen) atoms. The second-order valence-corrected chi connectivity index (χ2v) is 6.89. The molecule has 3 aromatic heterocycles. The molecule has 122 valence electrons. The van der Waals surface area contributed by atoms with Crippen LogP contribution in [0.25, 0.3) is 11.0 Å². The Hall–Kier alpha value is -2.70. The van der Waals surface area contributed by atoms with Crippen molar-refractivity contribution in [2.45, 2.75) is 31.1 Å². The van der Waals surface area contributed by atoms with E-state index in [9.17, 15) is 4.79 Å². The number of fused-ring (bicyclic) bond motifs is 3. The minimum Gasteiger partial charge on any atom is -0.336 e. The summed E-state index contributed by atoms with van der Waals surface area (Å²) in [5.74, 6) is -0.00135. The van der Waals surface area contributed by atoms with Crippen molar-refractivity contribution in [1.82, 2.24) is 30.3 Å². The lowest BCUT2D eigenvalue weighted by atomic mass is 9.77. The van der Waals surface area contributed by atoms with Crippen LogP contribution in [0.15, 0.2) is 24.5 Å². The number of amides is 1. The Balaban J connectivity index is 1.45. The molecule has 0 aromatic carbocycles. The van der Waals surface area contributed by atoms with Gasteiger partial charge in [-0.3, -0.25) is 15.0 Å². The molecule has 1 fully saturated rings. The highest BCUT2D eigenvalue weighted by Crippen LogP contribution is 2.43. The van der Waals surface area contributed by atoms with Gasteiger partial charge >= 0.3 is 0 Å². The van der Waals surface area contributed by atoms with E-state index in [1.807, 2.05) is 17.2 Å². The van der Waals surface area contributed by atoms with Crippen molar-refractivity contribution in [2.24, 2.45) is 0 Å². The number of piperidine rings is 1. The molecule has 4 heterocycles. The Morgan fingerprint density at radius 2 is 2.08 bits per heavy atom. The average molecular weight is 322 g/mol. The number of nitrogens with zero attached hydrogens (tertiary/aromatic N) is 4. The van der Waals surface area contributed by atoms with Crippen LogP contribution in [0.4, 0.5) is 0 Å². The van der Waals surface area contributed by atoms with Crippen molar-refractivity contribution >= 4 is 16.9 Å². The number of carbonyl (C=O) groups is 1. The summed E-state index contributed by atoms with van der Waals surface area (Å²) in [4.78, 5) is 19.3. The first kappa shape index (κ1) is 13.7. The van der Waals surface area contributed by atoms with E-state index in [0.717, 1.165) is 44.2 Å². The van der Waals surface area contributed by atoms with Gasteiger partial charge in [0.1, 0.15) is 5.69 Å². The third-order valence-electron chi connectivity index (χ3n) is 5.50. The normalized spacial score (nSPS) is 23.1. The Bertz CT molecular complexity index is 928. The molecule has 2 N–H and O–H groups in total. The smallest absolute Gasteiger partial charge is 0.272 e. The maximum absolute atomic E-state index is 13.0. The summed E-state index contributed by atoms with van der Waals surface area (Å²) in [6.07, 6.45) is 7.90. The second-order valence-electron chi connectivity index (χ2n) is 6.89. The predicted molar refractivity (Wildman–Crippen MR) is 87.6 cm³/mol. The lowest BCUT2D eigenvalue weighted by molar-refractivity contribution is 0.0627. The monoisotopic (exact) mass is 322 g/mol. The summed E-state index contributed by atoms with van der Waals surface area (Å²) in [6, 6.07) is 3.68. The van der Waals surface area contributed by atoms with Crippen molar-refractivity contribution < 1.29 is 4.79 Å². The van der Waals surface area contributed by atoms with Gasteiger partial charge in [-0.05, 0) is 43.4 Å². The molecule has 2 aliphatic rings. The van der Waals surface area contributed by atoms with E-state index in [0.29, 0.717) is 11.3 Å². The molecule has 1 unspecified atom stereocenters. The van der Waals surface area contributed by atoms with E-state index in [2.05, 4.69) is 25.4 Å². The van der Waals surface area contributed by atoms with Gasteiger partial charge in [0.25, 0.3) is 5.91 Å². The highest BCUT2D eigenvalue weighted by molar-refractivity contribution is 5.94. The average Bonchev–Trinajstić information content (AvgIpc) is 3.32. The third-order valence-corrected chi connectivity index (χ3v) is 5.50. The summed E-state index contributed by atoms with van der Waals surface area (Å²) < 4.78 is 0. The number of aromatic nitrogens is 5. The minimum absolute atomic E-state index is 0.00135. The molecule has 0 radical (unpaired) electrons. The zero-order valence-electron chi connectivity index (χ0n) is 13.2. The van der Waals surface area contributed by atoms with Crippen LogP contribution in [0.1, 0.15) is 41.0 Å². The minimum atomic E-state index is -0.00135. The first-order valence-electron chi connectivity index (χ1n) is 8.37. The zero-order valence-corrected chi connectivity index (χ0v) is 13.2. The summed E-state index contributed by atoms with van der Waals surface area (Å²) in [7, 11) is 0. The van der Waals surface area contributed by atoms with Crippen molar-refractivity contribution in [3.05, 3.63) is 41.5 Å². The Labute approximate surface area is 138 Å². The van der Waals surface area contributed by atoms with Gasteiger partial charge in [0.15, 0.2) is 5.65 Å². The lowest BCUT2D eigenvalue weighted by Crippen LogP contribution is -2.48. The summed E-state index contributed by atoms with van der Waals surface area (Å²) in [5, 5.41) is 15.1. The highest BCUT2D eigenvalue weighted by Gasteiger charge is 2.44. The molecule has 0 bridgehead atoms. The standard InChI is InChI=1S/C17H18N6O/c24-16(13-3-2-12-9-19-22-15(12)20-13)23-7-1-5-17(10-23)6-4-11-8-18-21-14(11)17/h2-3,8-9H,1,4-7,10H2,(H,18,21)(H,19,20,22). The number of hydrogen-bond acceptors (Lipinski definition) is 4. The number of rotatable bonds is 1. The molecule has 7 nitrogen and oxygen atoms in total. The van der Waals surface area contributed by atoms with Crippen LogP contribution in [-0.2, 0) is 11.8 Å². The van der Waals surface area contributed by atoms with E-state index in [4.69, 9.17) is 0 Å². The van der Waals surface area contributed by atoms with E-state index in [-0.39, 0.29) is 11.3 Å². The molecule has 3 aromatic rings. The van der Waals surface area contributed by atoms with Crippen LogP contribution in [0.2, 0.25) is 0 Å². The number of aryl methyl sites for hydroxylation is 1. The molecule has 1 spiro atoms. The molecule has 1 atom stereocenters. The fraction of sp³-hybridized carbons (Fsp3) is 0.412. The van der Waals surface area contributed by atoms with Gasteiger partial charge in [0, 0.05) is 29.6 Å². The van der Waals surface area contributed by atoms with E-state index in [1.54, 1.807) is 12.3 Å². The molecular weight excluding hydrogens is 304 g/mol. The third kappa shape index (κ3) is 1.90. The fourth-order valence-electron chi connectivity index (χ4n) is 4.28. The Morgan fingerprint density at radius 1 is 1.17 bits per heavy atom. The van der Waals surface area contributed by atoms with Gasteiger partial charge in [-0.1, -0.05) is 0 Å². The quantitative estimate of drug-likeness (QED) is 0.715. The maximum atomic E-state index is 13.0. The molecule has 1 saturated heterocycles. The summed E-state index contributed by atoms with van der Waals surface area (Å²) in [5.41, 5.74) is 3.71. The molecule has 1 amide bonds. The number of H-pyrrole nitrogens is 2. The zero-order chi connectivity index (χ0) is 16.1. The predicted octanol–water partition coefficient (Wildman–Crippen LogP) is 1.80. The summed E-state index contributed by atoms with van der Waals surface area (Å²) in [6.45, 7) is 1.52. The van der Waals surface area contributed by atoms with Crippen LogP contribution in [0, 0.1) is 0 Å². The fourth-order valence-corrected chi connectivity index (χ4v) is 4.28. The van der Waals surface area contributed by atoms with Crippen LogP contribution >= 0.6 is 0 Å². The molecule has 7 heteroatoms. The summed E-state index contributed by atoms with van der Waals surface area (Å²) >= 11 is 0. The molecule has 1 aliphatic heterocycles. The first-order chi connectivity index (χ1) is 11.8. The number of hydrogen-bond donors (Lipinski definition) is 2.